The first-order valence-corrected chi connectivity index (χ1v) is 26.4. The fourth-order valence-electron chi connectivity index (χ4n) is 9.72. The highest BCUT2D eigenvalue weighted by atomic mass is 16.6. The molecule has 0 bridgehead atoms. The summed E-state index contributed by atoms with van der Waals surface area (Å²) in [5.74, 6) is -3.04. The predicted molar refractivity (Wildman–Crippen MR) is 311 cm³/mol. The summed E-state index contributed by atoms with van der Waals surface area (Å²) in [5.41, 5.74) is -5.80. The van der Waals surface area contributed by atoms with Crippen molar-refractivity contribution in [2.75, 3.05) is 96.1 Å². The van der Waals surface area contributed by atoms with E-state index < -0.39 is 146 Å². The number of carbonyl (C=O) groups is 8. The van der Waals surface area contributed by atoms with Crippen LogP contribution in [0.1, 0.15) is 89.0 Å². The van der Waals surface area contributed by atoms with Gasteiger partial charge in [0.15, 0.2) is 38.1 Å². The molecule has 2 aromatic heterocycles. The average Bonchev–Trinajstić information content (AvgIpc) is 1.60. The van der Waals surface area contributed by atoms with E-state index in [2.05, 4.69) is 16.1 Å². The number of hydrogen-bond donors (Lipinski definition) is 0. The molecule has 88 heavy (non-hydrogen) atoms. The van der Waals surface area contributed by atoms with E-state index in [4.69, 9.17) is 28.4 Å². The first-order valence-electron chi connectivity index (χ1n) is 26.4. The molecule has 4 fully saturated rings. The van der Waals surface area contributed by atoms with Crippen LogP contribution in [0.2, 0.25) is 0 Å². The third-order valence-corrected chi connectivity index (χ3v) is 13.8. The van der Waals surface area contributed by atoms with Gasteiger partial charge in [0.2, 0.25) is 0 Å². The third kappa shape index (κ3) is 16.1. The molecule has 4 unspecified atom stereocenters. The summed E-state index contributed by atoms with van der Waals surface area (Å²) < 4.78 is 44.6. The first kappa shape index (κ1) is 77.4. The largest absolute Gasteiger partial charge is 0.469 e. The molecule has 4 aliphatic rings. The Morgan fingerprint density at radius 3 is 0.886 bits per heavy atom. The molecule has 0 N–H and O–H groups in total. The molecule has 4 saturated heterocycles. The summed E-state index contributed by atoms with van der Waals surface area (Å²) in [6.45, 7) is 6.24. The van der Waals surface area contributed by atoms with Gasteiger partial charge >= 0.3 is 82.1 Å². The number of ether oxygens (including phenoxy) is 8. The van der Waals surface area contributed by atoms with E-state index in [0.29, 0.717) is 26.5 Å². The Hall–Kier alpha value is -8.64. The summed E-state index contributed by atoms with van der Waals surface area (Å²) in [4.78, 5) is 189. The number of methoxy groups -OCH3 is 6. The smallest absolute Gasteiger partial charge is 0.340 e. The second-order valence-electron chi connectivity index (χ2n) is 18.6. The minimum atomic E-state index is -1.04. The molecule has 498 valence electrons. The van der Waals surface area contributed by atoms with Gasteiger partial charge in [0.25, 0.3) is 0 Å². The number of aromatic nitrogens is 6. The van der Waals surface area contributed by atoms with Gasteiger partial charge in [-0.2, -0.15) is 0 Å². The summed E-state index contributed by atoms with van der Waals surface area (Å²) in [6.07, 6.45) is -2.58. The fourth-order valence-corrected chi connectivity index (χ4v) is 9.72. The fraction of sp³-hybridized carbons (Fsp3) is 0.692. The van der Waals surface area contributed by atoms with Crippen molar-refractivity contribution in [1.29, 1.82) is 0 Å². The Kier molecular flexibility index (Phi) is 31.0. The molecule has 36 heteroatoms. The van der Waals surface area contributed by atoms with Crippen LogP contribution >= 0.6 is 0 Å². The summed E-state index contributed by atoms with van der Waals surface area (Å²) >= 11 is 0. The average molecular weight is 1260 g/mol. The lowest BCUT2D eigenvalue weighted by Gasteiger charge is -2.28. The minimum Gasteiger partial charge on any atom is -0.469 e. The SMILES string of the molecule is C.C.C.C.C=Cn1c(=O)n(CCC(=O)OC)c(=O)n(CCC(=O)OCN2C(=O)N(CC)C3C2N(COC)C(=O)N3COC)c1=O.CCCCn1c(=O)n(CCC(=O)OC)c(=O)n(CCC(=O)OCN2C(=O)N(CC)C3C2N(COC)C(=O)N3COC)c1=O. The van der Waals surface area contributed by atoms with E-state index in [-0.39, 0.29) is 102 Å². The Labute approximate surface area is 507 Å². The molecule has 2 aromatic rings. The Bertz CT molecular complexity index is 3150. The molecule has 6 rings (SSSR count). The van der Waals surface area contributed by atoms with Crippen molar-refractivity contribution in [3.05, 3.63) is 69.5 Å². The number of rotatable bonds is 30. The molecule has 8 amide bonds. The van der Waals surface area contributed by atoms with Crippen LogP contribution in [-0.4, -0.2) is 235 Å². The number of fused-ring (bicyclic) bond motifs is 2. The zero-order valence-electron chi connectivity index (χ0n) is 48.3. The van der Waals surface area contributed by atoms with Crippen LogP contribution in [-0.2, 0) is 89.8 Å². The van der Waals surface area contributed by atoms with Crippen molar-refractivity contribution in [1.82, 2.24) is 66.6 Å². The molecule has 0 aromatic carbocycles. The molecule has 0 aliphatic carbocycles. The van der Waals surface area contributed by atoms with Crippen molar-refractivity contribution >= 4 is 54.2 Å². The van der Waals surface area contributed by atoms with Gasteiger partial charge in [-0.25, -0.2) is 75.3 Å². The third-order valence-electron chi connectivity index (χ3n) is 13.8. The van der Waals surface area contributed by atoms with Crippen LogP contribution in [0.15, 0.2) is 35.3 Å². The molecule has 4 atom stereocenters. The van der Waals surface area contributed by atoms with E-state index in [0.717, 1.165) is 27.0 Å². The summed E-state index contributed by atoms with van der Waals surface area (Å²) in [5, 5.41) is 0. The number of likely N-dealkylation sites (N-methyl/N-ethyl adjacent to an activating group) is 2. The van der Waals surface area contributed by atoms with Crippen molar-refractivity contribution in [2.45, 2.75) is 146 Å². The van der Waals surface area contributed by atoms with Crippen molar-refractivity contribution in [3.63, 3.8) is 0 Å². The van der Waals surface area contributed by atoms with Gasteiger partial charge in [0.1, 0.15) is 26.9 Å². The van der Waals surface area contributed by atoms with Gasteiger partial charge in [0.05, 0.1) is 39.9 Å². The maximum absolute atomic E-state index is 13.2. The van der Waals surface area contributed by atoms with Gasteiger partial charge in [-0.1, -0.05) is 49.6 Å². The second-order valence-corrected chi connectivity index (χ2v) is 18.6. The number of amides is 8. The van der Waals surface area contributed by atoms with Crippen LogP contribution in [0.3, 0.4) is 0 Å². The molecular formula is C52H88N14O22. The molecule has 0 saturated carbocycles. The molecule has 36 nitrogen and oxygen atoms in total. The molecular weight excluding hydrogens is 1170 g/mol. The monoisotopic (exact) mass is 1260 g/mol. The zero-order chi connectivity index (χ0) is 62.3. The van der Waals surface area contributed by atoms with Gasteiger partial charge in [0, 0.05) is 80.5 Å². The van der Waals surface area contributed by atoms with Crippen molar-refractivity contribution in [2.24, 2.45) is 0 Å². The highest BCUT2D eigenvalue weighted by Crippen LogP contribution is 2.36. The number of unbranched alkanes of at least 4 members (excludes halogenated alkanes) is 1. The van der Waals surface area contributed by atoms with E-state index in [1.807, 2.05) is 6.92 Å². The first-order chi connectivity index (χ1) is 40.1. The van der Waals surface area contributed by atoms with E-state index in [1.165, 1.54) is 74.7 Å². The highest BCUT2D eigenvalue weighted by molar-refractivity contribution is 5.86. The number of hydrogen-bond acceptors (Lipinski definition) is 22. The molecule has 0 radical (unpaired) electrons. The van der Waals surface area contributed by atoms with Gasteiger partial charge in [-0.15, -0.1) is 0 Å². The van der Waals surface area contributed by atoms with E-state index in [1.54, 1.807) is 13.8 Å². The van der Waals surface area contributed by atoms with Crippen LogP contribution in [0.25, 0.3) is 6.20 Å². The number of urea groups is 4. The quantitative estimate of drug-likeness (QED) is 0.0696. The van der Waals surface area contributed by atoms with Crippen LogP contribution in [0, 0.1) is 0 Å². The topological polar surface area (TPSA) is 368 Å². The van der Waals surface area contributed by atoms with Crippen molar-refractivity contribution < 1.29 is 76.3 Å². The maximum atomic E-state index is 13.2. The Balaban J connectivity index is 0.000000843. The molecule has 4 aliphatic heterocycles. The minimum absolute atomic E-state index is 0. The summed E-state index contributed by atoms with van der Waals surface area (Å²) in [7, 11) is 7.93. The Morgan fingerprint density at radius 1 is 0.375 bits per heavy atom. The van der Waals surface area contributed by atoms with Gasteiger partial charge < -0.3 is 47.7 Å². The standard InChI is InChI=1S/C25H39N7O11.C23H33N7O11.4CH4/c1-6-8-11-27-22(36)28(12-9-17(33)42-5)24(38)29(23(27)37)13-10-18(34)43-16-32-20-19(26(7-2)21(32)35)30(14-40-3)25(39)31(20)15-41-4;1-6-24-17-18(29(13-39-4)23(37)28(17)12-38-3)30(19(24)33)14-41-16(32)9-11-27-21(35)25(7-2)20(34)26(22(27)36)10-8-15(31)40-5;;;;/h19-20H,6-16H2,1-5H3;7,17-18H,2,6,8-14H2,1,3-5H3;4*1H4. The van der Waals surface area contributed by atoms with Crippen LogP contribution in [0.5, 0.6) is 0 Å². The van der Waals surface area contributed by atoms with Crippen LogP contribution in [0.4, 0.5) is 19.2 Å². The second kappa shape index (κ2) is 35.2. The lowest BCUT2D eigenvalue weighted by molar-refractivity contribution is -0.150. The van der Waals surface area contributed by atoms with Crippen molar-refractivity contribution in [3.8, 4) is 0 Å². The molecule has 0 spiro atoms. The Morgan fingerprint density at radius 2 is 0.625 bits per heavy atom. The maximum Gasteiger partial charge on any atom is 0.340 e. The lowest BCUT2D eigenvalue weighted by Crippen LogP contribution is -2.54. The predicted octanol–water partition coefficient (Wildman–Crippen LogP) is -0.594. The van der Waals surface area contributed by atoms with E-state index >= 15 is 0 Å². The van der Waals surface area contributed by atoms with Gasteiger partial charge in [-0.05, 0) is 20.3 Å². The van der Waals surface area contributed by atoms with Gasteiger partial charge in [-0.3, -0.25) is 48.6 Å². The normalized spacial score (nSPS) is 17.3. The highest BCUT2D eigenvalue weighted by Gasteiger charge is 2.60. The zero-order valence-corrected chi connectivity index (χ0v) is 48.3. The van der Waals surface area contributed by atoms with E-state index in [9.17, 15) is 67.1 Å². The summed E-state index contributed by atoms with van der Waals surface area (Å²) in [6, 6.07) is -1.84. The number of esters is 4. The number of nitrogens with zero attached hydrogens (tertiary/aromatic N) is 14. The number of carbonyl (C=O) groups excluding carboxylic acids is 8. The van der Waals surface area contributed by atoms with Crippen LogP contribution < -0.4 is 34.1 Å². The lowest BCUT2D eigenvalue weighted by atomic mass is 10.3. The molecule has 6 heterocycles.